The largest absolute Gasteiger partial charge is 0.460 e. The van der Waals surface area contributed by atoms with Gasteiger partial charge in [-0.15, -0.1) is 0 Å². The van der Waals surface area contributed by atoms with Gasteiger partial charge in [0.25, 0.3) is 0 Å². The molecule has 29 heavy (non-hydrogen) atoms. The summed E-state index contributed by atoms with van der Waals surface area (Å²) in [7, 11) is 0. The second-order valence-corrected chi connectivity index (χ2v) is 10.9. The predicted molar refractivity (Wildman–Crippen MR) is 104 cm³/mol. The van der Waals surface area contributed by atoms with E-state index < -0.39 is 58.1 Å². The normalized spacial score (nSPS) is 29.0. The molecule has 0 radical (unpaired) electrons. The van der Waals surface area contributed by atoms with Crippen molar-refractivity contribution in [3.8, 4) is 0 Å². The van der Waals surface area contributed by atoms with Crippen molar-refractivity contribution in [1.82, 2.24) is 5.32 Å². The summed E-state index contributed by atoms with van der Waals surface area (Å²) < 4.78 is 16.2. The van der Waals surface area contributed by atoms with Crippen molar-refractivity contribution in [2.24, 2.45) is 17.8 Å². The fourth-order valence-corrected chi connectivity index (χ4v) is 3.74. The zero-order valence-corrected chi connectivity index (χ0v) is 18.8. The van der Waals surface area contributed by atoms with Gasteiger partial charge in [-0.1, -0.05) is 0 Å². The van der Waals surface area contributed by atoms with Crippen LogP contribution in [0.2, 0.25) is 0 Å². The molecule has 164 valence electrons. The smallest absolute Gasteiger partial charge is 0.408 e. The third kappa shape index (κ3) is 5.28. The Labute approximate surface area is 172 Å². The van der Waals surface area contributed by atoms with E-state index in [0.717, 1.165) is 0 Å². The molecule has 0 aromatic rings. The van der Waals surface area contributed by atoms with Crippen LogP contribution in [0.1, 0.15) is 68.7 Å². The van der Waals surface area contributed by atoms with E-state index in [2.05, 4.69) is 5.32 Å². The Morgan fingerprint density at radius 3 is 1.79 bits per heavy atom. The van der Waals surface area contributed by atoms with Gasteiger partial charge in [-0.3, -0.25) is 9.59 Å². The molecule has 2 aliphatic rings. The molecule has 2 saturated carbocycles. The number of ether oxygens (including phenoxy) is 3. The molecular weight excluding hydrogens is 378 g/mol. The van der Waals surface area contributed by atoms with Crippen molar-refractivity contribution in [3.05, 3.63) is 0 Å². The summed E-state index contributed by atoms with van der Waals surface area (Å²) in [5, 5.41) is 2.58. The molecule has 8 heteroatoms. The Morgan fingerprint density at radius 1 is 0.862 bits per heavy atom. The lowest BCUT2D eigenvalue weighted by molar-refractivity contribution is -0.166. The molecule has 0 heterocycles. The summed E-state index contributed by atoms with van der Waals surface area (Å²) in [5.41, 5.74) is -4.02. The number of esters is 2. The molecule has 0 saturated heterocycles. The molecule has 8 nitrogen and oxygen atoms in total. The Hall–Kier alpha value is -2.12. The summed E-state index contributed by atoms with van der Waals surface area (Å²) in [6.45, 7) is 15.3. The van der Waals surface area contributed by atoms with E-state index in [0.29, 0.717) is 0 Å². The topological polar surface area (TPSA) is 108 Å². The SMILES string of the molecule is CC(C)(C)OC(=O)NC1(C(=O)OC(C)(C)C)CC(=O)C2C(C(=O)OC(C)(C)C)C21. The number of alkyl carbamates (subject to hydrolysis) is 1. The quantitative estimate of drug-likeness (QED) is 0.562. The average molecular weight is 411 g/mol. The number of fused-ring (bicyclic) bond motifs is 1. The van der Waals surface area contributed by atoms with E-state index in [9.17, 15) is 19.2 Å². The zero-order chi connectivity index (χ0) is 22.6. The highest BCUT2D eigenvalue weighted by Crippen LogP contribution is 2.61. The Morgan fingerprint density at radius 2 is 1.34 bits per heavy atom. The van der Waals surface area contributed by atoms with Gasteiger partial charge in [-0.2, -0.15) is 0 Å². The number of Topliss-reactive ketones (excluding diaryl/α,β-unsaturated/α-hetero) is 1. The van der Waals surface area contributed by atoms with Crippen molar-refractivity contribution < 1.29 is 33.4 Å². The van der Waals surface area contributed by atoms with Crippen molar-refractivity contribution in [3.63, 3.8) is 0 Å². The third-order valence-corrected chi connectivity index (χ3v) is 4.58. The second-order valence-electron chi connectivity index (χ2n) is 10.9. The van der Waals surface area contributed by atoms with E-state index in [1.807, 2.05) is 0 Å². The second kappa shape index (κ2) is 6.99. The van der Waals surface area contributed by atoms with Crippen LogP contribution in [0.5, 0.6) is 0 Å². The fraction of sp³-hybridized carbons (Fsp3) is 0.810. The van der Waals surface area contributed by atoms with Gasteiger partial charge in [0.05, 0.1) is 5.92 Å². The van der Waals surface area contributed by atoms with Crippen LogP contribution in [0.15, 0.2) is 0 Å². The highest BCUT2D eigenvalue weighted by molar-refractivity contribution is 6.04. The molecule has 4 atom stereocenters. The van der Waals surface area contributed by atoms with Crippen molar-refractivity contribution >= 4 is 23.8 Å². The molecule has 0 spiro atoms. The van der Waals surface area contributed by atoms with Gasteiger partial charge in [-0.25, -0.2) is 9.59 Å². The van der Waals surface area contributed by atoms with Crippen molar-refractivity contribution in [2.45, 2.75) is 91.1 Å². The van der Waals surface area contributed by atoms with E-state index in [1.165, 1.54) is 0 Å². The van der Waals surface area contributed by atoms with Gasteiger partial charge in [-0.05, 0) is 62.3 Å². The molecule has 2 rings (SSSR count). The molecule has 2 aliphatic carbocycles. The number of hydrogen-bond donors (Lipinski definition) is 1. The Bertz CT molecular complexity index is 723. The van der Waals surface area contributed by atoms with Crippen molar-refractivity contribution in [2.75, 3.05) is 0 Å². The molecule has 1 amide bonds. The monoisotopic (exact) mass is 411 g/mol. The molecule has 0 aromatic heterocycles. The first-order chi connectivity index (χ1) is 12.9. The average Bonchev–Trinajstić information content (AvgIpc) is 3.10. The molecule has 4 unspecified atom stereocenters. The molecule has 0 aromatic carbocycles. The number of nitrogens with one attached hydrogen (secondary N) is 1. The van der Waals surface area contributed by atoms with Gasteiger partial charge < -0.3 is 19.5 Å². The molecule has 0 bridgehead atoms. The molecule has 1 N–H and O–H groups in total. The summed E-state index contributed by atoms with van der Waals surface area (Å²) >= 11 is 0. The van der Waals surface area contributed by atoms with E-state index in [1.54, 1.807) is 62.3 Å². The van der Waals surface area contributed by atoms with Crippen LogP contribution >= 0.6 is 0 Å². The predicted octanol–water partition coefficient (Wildman–Crippen LogP) is 2.77. The first-order valence-electron chi connectivity index (χ1n) is 9.86. The number of hydrogen-bond acceptors (Lipinski definition) is 7. The molecular formula is C21H33NO7. The Balaban J connectivity index is 2.35. The minimum Gasteiger partial charge on any atom is -0.460 e. The number of carbonyl (C=O) groups is 4. The Kier molecular flexibility index (Phi) is 5.58. The summed E-state index contributed by atoms with van der Waals surface area (Å²) in [4.78, 5) is 50.9. The lowest BCUT2D eigenvalue weighted by atomic mass is 9.89. The zero-order valence-electron chi connectivity index (χ0n) is 18.8. The lowest BCUT2D eigenvalue weighted by Gasteiger charge is -2.34. The van der Waals surface area contributed by atoms with Crippen LogP contribution in [-0.4, -0.2) is 46.2 Å². The molecule has 2 fully saturated rings. The van der Waals surface area contributed by atoms with Crippen LogP contribution < -0.4 is 5.32 Å². The number of amides is 1. The van der Waals surface area contributed by atoms with Crippen LogP contribution in [0.25, 0.3) is 0 Å². The van der Waals surface area contributed by atoms with Gasteiger partial charge in [0, 0.05) is 18.3 Å². The first kappa shape index (κ1) is 23.2. The van der Waals surface area contributed by atoms with Gasteiger partial charge in [0.15, 0.2) is 5.54 Å². The van der Waals surface area contributed by atoms with Gasteiger partial charge >= 0.3 is 18.0 Å². The van der Waals surface area contributed by atoms with Crippen LogP contribution in [-0.2, 0) is 28.6 Å². The minimum absolute atomic E-state index is 0.240. The first-order valence-corrected chi connectivity index (χ1v) is 9.86. The summed E-state index contributed by atoms with van der Waals surface area (Å²) in [5.74, 6) is -3.76. The summed E-state index contributed by atoms with van der Waals surface area (Å²) in [6, 6.07) is 0. The maximum atomic E-state index is 13.1. The van der Waals surface area contributed by atoms with E-state index >= 15 is 0 Å². The maximum Gasteiger partial charge on any atom is 0.408 e. The summed E-state index contributed by atoms with van der Waals surface area (Å²) in [6.07, 6.45) is -1.08. The molecule has 0 aliphatic heterocycles. The van der Waals surface area contributed by atoms with Crippen LogP contribution in [0.3, 0.4) is 0 Å². The lowest BCUT2D eigenvalue weighted by Crippen LogP contribution is -2.59. The number of carbonyl (C=O) groups excluding carboxylic acids is 4. The number of rotatable bonds is 3. The highest BCUT2D eigenvalue weighted by Gasteiger charge is 2.77. The van der Waals surface area contributed by atoms with E-state index in [-0.39, 0.29) is 12.2 Å². The van der Waals surface area contributed by atoms with E-state index in [4.69, 9.17) is 14.2 Å². The van der Waals surface area contributed by atoms with Gasteiger partial charge in [0.2, 0.25) is 0 Å². The van der Waals surface area contributed by atoms with Crippen molar-refractivity contribution in [1.29, 1.82) is 0 Å². The maximum absolute atomic E-state index is 13.1. The highest BCUT2D eigenvalue weighted by atomic mass is 16.6. The van der Waals surface area contributed by atoms with Crippen LogP contribution in [0, 0.1) is 17.8 Å². The standard InChI is InChI=1S/C21H33NO7/c1-18(2,3)27-15(24)13-12-11(23)10-21(14(12)13,16(25)28-19(4,5)6)22-17(26)29-20(7,8)9/h12-14H,10H2,1-9H3,(H,22,26). The fourth-order valence-electron chi connectivity index (χ4n) is 3.74. The van der Waals surface area contributed by atoms with Gasteiger partial charge in [0.1, 0.15) is 22.6 Å². The van der Waals surface area contributed by atoms with Crippen LogP contribution in [0.4, 0.5) is 4.79 Å². The third-order valence-electron chi connectivity index (χ3n) is 4.58. The minimum atomic E-state index is -1.65. The number of ketones is 1.